The second-order valence-corrected chi connectivity index (χ2v) is 5.78. The third-order valence-corrected chi connectivity index (χ3v) is 3.67. The van der Waals surface area contributed by atoms with Gasteiger partial charge in [-0.25, -0.2) is 0 Å². The van der Waals surface area contributed by atoms with E-state index < -0.39 is 0 Å². The number of fused-ring (bicyclic) bond motifs is 1. The molecule has 0 aliphatic carbocycles. The lowest BCUT2D eigenvalue weighted by Crippen LogP contribution is -2.38. The summed E-state index contributed by atoms with van der Waals surface area (Å²) in [6.45, 7) is 4.60. The van der Waals surface area contributed by atoms with Crippen LogP contribution in [0.3, 0.4) is 0 Å². The lowest BCUT2D eigenvalue weighted by Gasteiger charge is -2.18. The first-order valence-electron chi connectivity index (χ1n) is 7.00. The number of hydrogen-bond acceptors (Lipinski definition) is 4. The molecule has 2 rings (SSSR count). The van der Waals surface area contributed by atoms with Crippen LogP contribution in [0.1, 0.15) is 25.8 Å². The van der Waals surface area contributed by atoms with Gasteiger partial charge in [0.2, 0.25) is 0 Å². The van der Waals surface area contributed by atoms with Crippen molar-refractivity contribution in [3.05, 3.63) is 35.0 Å². The summed E-state index contributed by atoms with van der Waals surface area (Å²) in [7, 11) is 1.40. The van der Waals surface area contributed by atoms with Gasteiger partial charge in [0.15, 0.2) is 5.22 Å². The fraction of sp³-hybridized carbons (Fsp3) is 0.438. The van der Waals surface area contributed by atoms with Gasteiger partial charge in [0.05, 0.1) is 7.11 Å². The number of hydrogen-bond donors (Lipinski definition) is 1. The number of carbonyl (C=O) groups excluding carboxylic acids is 1. The van der Waals surface area contributed by atoms with Gasteiger partial charge in [-0.15, -0.1) is 0 Å². The number of benzene rings is 1. The molecule has 21 heavy (non-hydrogen) atoms. The Hall–Kier alpha value is -1.52. The average molecular weight is 310 g/mol. The highest BCUT2D eigenvalue weighted by molar-refractivity contribution is 6.30. The molecule has 0 fully saturated rings. The van der Waals surface area contributed by atoms with Crippen LogP contribution in [0, 0.1) is 5.92 Å². The second kappa shape index (κ2) is 6.96. The highest BCUT2D eigenvalue weighted by Crippen LogP contribution is 2.29. The molecule has 1 atom stereocenters. The highest BCUT2D eigenvalue weighted by Gasteiger charge is 2.21. The molecular weight excluding hydrogens is 290 g/mol. The van der Waals surface area contributed by atoms with Crippen LogP contribution < -0.4 is 5.32 Å². The van der Waals surface area contributed by atoms with Crippen LogP contribution >= 0.6 is 11.6 Å². The number of para-hydroxylation sites is 1. The third kappa shape index (κ3) is 3.77. The number of furan rings is 1. The molecule has 1 aromatic heterocycles. The lowest BCUT2D eigenvalue weighted by atomic mass is 10.0. The highest BCUT2D eigenvalue weighted by atomic mass is 35.5. The number of halogens is 1. The Morgan fingerprint density at radius 2 is 2.10 bits per heavy atom. The SMILES string of the molecule is COC(=O)C(CC(C)C)NCc1c(Cl)oc2ccccc12. The molecule has 0 aliphatic heterocycles. The molecule has 5 heteroatoms. The average Bonchev–Trinajstić information content (AvgIpc) is 2.77. The number of ether oxygens (including phenoxy) is 1. The van der Waals surface area contributed by atoms with Crippen molar-refractivity contribution in [2.45, 2.75) is 32.9 Å². The number of rotatable bonds is 6. The molecular formula is C16H20ClNO3. The summed E-state index contributed by atoms with van der Waals surface area (Å²) in [5.41, 5.74) is 1.61. The van der Waals surface area contributed by atoms with Crippen molar-refractivity contribution in [3.63, 3.8) is 0 Å². The Morgan fingerprint density at radius 3 is 2.76 bits per heavy atom. The fourth-order valence-corrected chi connectivity index (χ4v) is 2.59. The van der Waals surface area contributed by atoms with Crippen molar-refractivity contribution >= 4 is 28.5 Å². The van der Waals surface area contributed by atoms with Crippen molar-refractivity contribution in [2.75, 3.05) is 7.11 Å². The van der Waals surface area contributed by atoms with Crippen molar-refractivity contribution in [1.29, 1.82) is 0 Å². The van der Waals surface area contributed by atoms with Crippen molar-refractivity contribution in [3.8, 4) is 0 Å². The Kier molecular flexibility index (Phi) is 5.26. The summed E-state index contributed by atoms with van der Waals surface area (Å²) in [6.07, 6.45) is 0.708. The van der Waals surface area contributed by atoms with E-state index in [0.29, 0.717) is 24.1 Å². The third-order valence-electron chi connectivity index (χ3n) is 3.37. The molecule has 2 aromatic rings. The van der Waals surface area contributed by atoms with Gasteiger partial charge >= 0.3 is 5.97 Å². The van der Waals surface area contributed by atoms with Crippen LogP contribution in [0.2, 0.25) is 5.22 Å². The molecule has 1 N–H and O–H groups in total. The maximum Gasteiger partial charge on any atom is 0.322 e. The molecule has 0 amide bonds. The van der Waals surface area contributed by atoms with Crippen LogP contribution in [0.5, 0.6) is 0 Å². The summed E-state index contributed by atoms with van der Waals surface area (Å²) in [5.74, 6) is 0.130. The molecule has 0 bridgehead atoms. The van der Waals surface area contributed by atoms with E-state index in [0.717, 1.165) is 16.5 Å². The van der Waals surface area contributed by atoms with Gasteiger partial charge in [-0.2, -0.15) is 0 Å². The lowest BCUT2D eigenvalue weighted by molar-refractivity contribution is -0.143. The number of esters is 1. The monoisotopic (exact) mass is 309 g/mol. The van der Waals surface area contributed by atoms with Gasteiger partial charge in [-0.3, -0.25) is 4.79 Å². The molecule has 0 radical (unpaired) electrons. The van der Waals surface area contributed by atoms with E-state index in [1.165, 1.54) is 7.11 Å². The standard InChI is InChI=1S/C16H20ClNO3/c1-10(2)8-13(16(19)20-3)18-9-12-11-6-4-5-7-14(11)21-15(12)17/h4-7,10,13,18H,8-9H2,1-3H3. The molecule has 0 saturated carbocycles. The van der Waals surface area contributed by atoms with E-state index in [1.807, 2.05) is 24.3 Å². The largest absolute Gasteiger partial charge is 0.468 e. The molecule has 1 unspecified atom stereocenters. The molecule has 114 valence electrons. The number of nitrogens with one attached hydrogen (secondary N) is 1. The van der Waals surface area contributed by atoms with E-state index in [2.05, 4.69) is 19.2 Å². The normalized spacial score (nSPS) is 12.8. The van der Waals surface area contributed by atoms with Crippen LogP contribution in [0.15, 0.2) is 28.7 Å². The first-order chi connectivity index (χ1) is 10.0. The summed E-state index contributed by atoms with van der Waals surface area (Å²) < 4.78 is 10.4. The minimum Gasteiger partial charge on any atom is -0.468 e. The van der Waals surface area contributed by atoms with E-state index in [9.17, 15) is 4.79 Å². The topological polar surface area (TPSA) is 51.5 Å². The maximum atomic E-state index is 11.8. The molecule has 0 saturated heterocycles. The fourth-order valence-electron chi connectivity index (χ4n) is 2.34. The van der Waals surface area contributed by atoms with E-state index in [-0.39, 0.29) is 12.0 Å². The zero-order valence-electron chi connectivity index (χ0n) is 12.5. The molecule has 4 nitrogen and oxygen atoms in total. The van der Waals surface area contributed by atoms with Gasteiger partial charge in [0.1, 0.15) is 11.6 Å². The zero-order chi connectivity index (χ0) is 15.4. The van der Waals surface area contributed by atoms with Gasteiger partial charge in [0, 0.05) is 17.5 Å². The first kappa shape index (κ1) is 15.9. The van der Waals surface area contributed by atoms with E-state index >= 15 is 0 Å². The predicted molar refractivity (Wildman–Crippen MR) is 83.3 cm³/mol. The first-order valence-corrected chi connectivity index (χ1v) is 7.37. The van der Waals surface area contributed by atoms with Crippen LogP contribution in [0.4, 0.5) is 0 Å². The Labute approximate surface area is 129 Å². The Bertz CT molecular complexity index is 621. The zero-order valence-corrected chi connectivity index (χ0v) is 13.2. The van der Waals surface area contributed by atoms with E-state index in [4.69, 9.17) is 20.8 Å². The maximum absolute atomic E-state index is 11.8. The Morgan fingerprint density at radius 1 is 1.38 bits per heavy atom. The summed E-state index contributed by atoms with van der Waals surface area (Å²) in [4.78, 5) is 11.8. The minimum absolute atomic E-state index is 0.257. The van der Waals surface area contributed by atoms with Gasteiger partial charge in [-0.05, 0) is 30.0 Å². The molecule has 1 heterocycles. The van der Waals surface area contributed by atoms with Crippen molar-refractivity contribution < 1.29 is 13.9 Å². The summed E-state index contributed by atoms with van der Waals surface area (Å²) in [6, 6.07) is 7.31. The predicted octanol–water partition coefficient (Wildman–Crippen LogP) is 3.76. The molecule has 0 aliphatic rings. The summed E-state index contributed by atoms with van der Waals surface area (Å²) >= 11 is 6.15. The molecule has 0 spiro atoms. The second-order valence-electron chi connectivity index (χ2n) is 5.44. The van der Waals surface area contributed by atoms with Crippen LogP contribution in [0.25, 0.3) is 11.0 Å². The quantitative estimate of drug-likeness (QED) is 0.825. The number of carbonyl (C=O) groups is 1. The van der Waals surface area contributed by atoms with Crippen LogP contribution in [-0.2, 0) is 16.1 Å². The van der Waals surface area contributed by atoms with Crippen molar-refractivity contribution in [1.82, 2.24) is 5.32 Å². The Balaban J connectivity index is 2.15. The minimum atomic E-state index is -0.347. The van der Waals surface area contributed by atoms with Crippen LogP contribution in [-0.4, -0.2) is 19.1 Å². The number of methoxy groups -OCH3 is 1. The van der Waals surface area contributed by atoms with Gasteiger partial charge in [-0.1, -0.05) is 32.0 Å². The molecule has 1 aromatic carbocycles. The van der Waals surface area contributed by atoms with Gasteiger partial charge < -0.3 is 14.5 Å². The summed E-state index contributed by atoms with van der Waals surface area (Å²) in [5, 5.41) is 4.54. The van der Waals surface area contributed by atoms with E-state index in [1.54, 1.807) is 0 Å². The van der Waals surface area contributed by atoms with Gasteiger partial charge in [0.25, 0.3) is 0 Å². The van der Waals surface area contributed by atoms with Crippen molar-refractivity contribution in [2.24, 2.45) is 5.92 Å². The smallest absolute Gasteiger partial charge is 0.322 e.